The molecule has 0 saturated carbocycles. The second kappa shape index (κ2) is 10.3. The maximum atomic E-state index is 12.9. The Kier molecular flexibility index (Phi) is 7.66. The van der Waals surface area contributed by atoms with E-state index in [0.717, 1.165) is 17.7 Å². The van der Waals surface area contributed by atoms with Gasteiger partial charge in [-0.1, -0.05) is 35.9 Å². The van der Waals surface area contributed by atoms with Crippen LogP contribution in [0.15, 0.2) is 60.7 Å². The summed E-state index contributed by atoms with van der Waals surface area (Å²) in [4.78, 5) is 13.1. The number of hydrogen-bond donors (Lipinski definition) is 1. The zero-order valence-electron chi connectivity index (χ0n) is 18.5. The Morgan fingerprint density at radius 2 is 1.59 bits per heavy atom. The lowest BCUT2D eigenvalue weighted by Crippen LogP contribution is -2.37. The SMILES string of the molecule is CC(C)(Oc1ccc(CCN(Cc2ccc(C(F)(F)F)cc2)c2ccc(Cl)nn2)cc1)C(=O)O. The highest BCUT2D eigenvalue weighted by atomic mass is 35.5. The Bertz CT molecular complexity index is 1100. The molecule has 0 radical (unpaired) electrons. The van der Waals surface area contributed by atoms with Crippen molar-refractivity contribution < 1.29 is 27.8 Å². The molecule has 0 saturated heterocycles. The quantitative estimate of drug-likeness (QED) is 0.416. The molecule has 2 aromatic carbocycles. The molecule has 0 bridgehead atoms. The number of alkyl halides is 3. The van der Waals surface area contributed by atoms with Crippen LogP contribution in [-0.4, -0.2) is 33.4 Å². The molecule has 0 fully saturated rings. The predicted molar refractivity (Wildman–Crippen MR) is 122 cm³/mol. The van der Waals surface area contributed by atoms with E-state index in [1.54, 1.807) is 24.3 Å². The summed E-state index contributed by atoms with van der Waals surface area (Å²) in [6.45, 7) is 3.76. The average Bonchev–Trinajstić information content (AvgIpc) is 2.77. The molecular weight excluding hydrogens is 471 g/mol. The van der Waals surface area contributed by atoms with Crippen LogP contribution < -0.4 is 9.64 Å². The highest BCUT2D eigenvalue weighted by Gasteiger charge is 2.30. The molecule has 3 rings (SSSR count). The van der Waals surface area contributed by atoms with Gasteiger partial charge in [-0.05, 0) is 67.8 Å². The smallest absolute Gasteiger partial charge is 0.416 e. The van der Waals surface area contributed by atoms with Crippen LogP contribution in [0.25, 0.3) is 0 Å². The molecule has 1 heterocycles. The van der Waals surface area contributed by atoms with Crippen molar-refractivity contribution in [2.24, 2.45) is 0 Å². The predicted octanol–water partition coefficient (Wildman–Crippen LogP) is 5.64. The standard InChI is InChI=1S/C24H23ClF3N3O3/c1-23(2,22(32)33)34-19-9-5-16(6-10-19)13-14-31(21-12-11-20(25)29-30-21)15-17-3-7-18(8-4-17)24(26,27)28/h3-12H,13-15H2,1-2H3,(H,32,33). The average molecular weight is 494 g/mol. The zero-order valence-corrected chi connectivity index (χ0v) is 19.3. The number of hydrogen-bond acceptors (Lipinski definition) is 5. The lowest BCUT2D eigenvalue weighted by Gasteiger charge is -2.24. The molecular formula is C24H23ClF3N3O3. The minimum atomic E-state index is -4.39. The van der Waals surface area contributed by atoms with Gasteiger partial charge in [0.25, 0.3) is 0 Å². The highest BCUT2D eigenvalue weighted by molar-refractivity contribution is 6.29. The van der Waals surface area contributed by atoms with Gasteiger partial charge in [0.05, 0.1) is 5.56 Å². The number of benzene rings is 2. The van der Waals surface area contributed by atoms with E-state index in [1.165, 1.54) is 26.0 Å². The third-order valence-electron chi connectivity index (χ3n) is 5.08. The van der Waals surface area contributed by atoms with E-state index in [9.17, 15) is 23.1 Å². The number of rotatable bonds is 9. The van der Waals surface area contributed by atoms with Crippen LogP contribution in [0.3, 0.4) is 0 Å². The van der Waals surface area contributed by atoms with Crippen LogP contribution in [0.1, 0.15) is 30.5 Å². The molecule has 0 aliphatic rings. The summed E-state index contributed by atoms with van der Waals surface area (Å²) in [5.74, 6) is -0.103. The fourth-order valence-electron chi connectivity index (χ4n) is 3.10. The van der Waals surface area contributed by atoms with Gasteiger partial charge in [0.1, 0.15) is 5.75 Å². The highest BCUT2D eigenvalue weighted by Crippen LogP contribution is 2.29. The van der Waals surface area contributed by atoms with Gasteiger partial charge in [0.2, 0.25) is 0 Å². The first-order chi connectivity index (χ1) is 15.9. The minimum Gasteiger partial charge on any atom is -0.478 e. The maximum absolute atomic E-state index is 12.9. The number of carbonyl (C=O) groups is 1. The summed E-state index contributed by atoms with van der Waals surface area (Å²) in [5.41, 5.74) is -0.417. The van der Waals surface area contributed by atoms with Crippen LogP contribution in [0.2, 0.25) is 5.15 Å². The second-order valence-corrected chi connectivity index (χ2v) is 8.53. The number of nitrogens with zero attached hydrogens (tertiary/aromatic N) is 3. The molecule has 0 spiro atoms. The van der Waals surface area contributed by atoms with E-state index in [2.05, 4.69) is 10.2 Å². The van der Waals surface area contributed by atoms with Gasteiger partial charge < -0.3 is 14.7 Å². The summed E-state index contributed by atoms with van der Waals surface area (Å²) >= 11 is 5.84. The summed E-state index contributed by atoms with van der Waals surface area (Å²) in [6, 6.07) is 15.3. The monoisotopic (exact) mass is 493 g/mol. The molecule has 0 aliphatic carbocycles. The Morgan fingerprint density at radius 1 is 0.971 bits per heavy atom. The van der Waals surface area contributed by atoms with Crippen molar-refractivity contribution in [3.8, 4) is 5.75 Å². The van der Waals surface area contributed by atoms with Crippen molar-refractivity contribution in [3.05, 3.63) is 82.5 Å². The second-order valence-electron chi connectivity index (χ2n) is 8.14. The lowest BCUT2D eigenvalue weighted by molar-refractivity contribution is -0.152. The molecule has 0 aliphatic heterocycles. The molecule has 1 aromatic heterocycles. The maximum Gasteiger partial charge on any atom is 0.416 e. The Morgan fingerprint density at radius 3 is 2.12 bits per heavy atom. The van der Waals surface area contributed by atoms with Gasteiger partial charge in [-0.3, -0.25) is 0 Å². The summed E-state index contributed by atoms with van der Waals surface area (Å²) in [5, 5.41) is 17.4. The number of aliphatic carboxylic acids is 1. The Hall–Kier alpha value is -3.33. The van der Waals surface area contributed by atoms with Gasteiger partial charge in [0.15, 0.2) is 16.6 Å². The van der Waals surface area contributed by atoms with Crippen LogP contribution in [0.4, 0.5) is 19.0 Å². The first-order valence-electron chi connectivity index (χ1n) is 10.4. The number of anilines is 1. The number of carboxylic acid groups (broad SMARTS) is 1. The summed E-state index contributed by atoms with van der Waals surface area (Å²) in [7, 11) is 0. The third kappa shape index (κ3) is 6.84. The first kappa shape index (κ1) is 25.3. The number of carboxylic acids is 1. The molecule has 6 nitrogen and oxygen atoms in total. The van der Waals surface area contributed by atoms with E-state index in [0.29, 0.717) is 36.6 Å². The van der Waals surface area contributed by atoms with E-state index < -0.39 is 23.3 Å². The molecule has 0 amide bonds. The number of ether oxygens (including phenoxy) is 1. The van der Waals surface area contributed by atoms with Gasteiger partial charge in [-0.25, -0.2) is 4.79 Å². The third-order valence-corrected chi connectivity index (χ3v) is 5.28. The number of aromatic nitrogens is 2. The van der Waals surface area contributed by atoms with Crippen molar-refractivity contribution in [1.82, 2.24) is 10.2 Å². The van der Waals surface area contributed by atoms with E-state index in [1.807, 2.05) is 17.0 Å². The van der Waals surface area contributed by atoms with Crippen LogP contribution in [0.5, 0.6) is 5.75 Å². The van der Waals surface area contributed by atoms with Gasteiger partial charge >= 0.3 is 12.1 Å². The zero-order chi connectivity index (χ0) is 24.9. The first-order valence-corrected chi connectivity index (χ1v) is 10.7. The summed E-state index contributed by atoms with van der Waals surface area (Å²) in [6.07, 6.45) is -3.80. The van der Waals surface area contributed by atoms with Crippen molar-refractivity contribution in [2.75, 3.05) is 11.4 Å². The molecule has 3 aromatic rings. The van der Waals surface area contributed by atoms with Crippen LogP contribution >= 0.6 is 11.6 Å². The largest absolute Gasteiger partial charge is 0.478 e. The Balaban J connectivity index is 1.72. The van der Waals surface area contributed by atoms with Crippen LogP contribution in [-0.2, 0) is 23.9 Å². The molecule has 0 atom stereocenters. The van der Waals surface area contributed by atoms with Gasteiger partial charge in [-0.15, -0.1) is 10.2 Å². The lowest BCUT2D eigenvalue weighted by atomic mass is 10.1. The Labute approximate surface area is 200 Å². The van der Waals surface area contributed by atoms with E-state index >= 15 is 0 Å². The van der Waals surface area contributed by atoms with Crippen molar-refractivity contribution >= 4 is 23.4 Å². The molecule has 180 valence electrons. The van der Waals surface area contributed by atoms with Crippen LogP contribution in [0, 0.1) is 0 Å². The van der Waals surface area contributed by atoms with E-state index in [-0.39, 0.29) is 5.15 Å². The van der Waals surface area contributed by atoms with Crippen molar-refractivity contribution in [1.29, 1.82) is 0 Å². The van der Waals surface area contributed by atoms with Gasteiger partial charge in [0, 0.05) is 13.1 Å². The van der Waals surface area contributed by atoms with E-state index in [4.69, 9.17) is 16.3 Å². The molecule has 10 heteroatoms. The molecule has 1 N–H and O–H groups in total. The number of halogens is 4. The fraction of sp³-hybridized carbons (Fsp3) is 0.292. The van der Waals surface area contributed by atoms with Gasteiger partial charge in [-0.2, -0.15) is 13.2 Å². The minimum absolute atomic E-state index is 0.234. The van der Waals surface area contributed by atoms with Crippen molar-refractivity contribution in [3.63, 3.8) is 0 Å². The molecule has 34 heavy (non-hydrogen) atoms. The normalized spacial score (nSPS) is 11.8. The fourth-order valence-corrected chi connectivity index (χ4v) is 3.20. The summed E-state index contributed by atoms with van der Waals surface area (Å²) < 4.78 is 44.1. The van der Waals surface area contributed by atoms with Crippen molar-refractivity contribution in [2.45, 2.75) is 38.6 Å². The molecule has 0 unspecified atom stereocenters. The topological polar surface area (TPSA) is 75.5 Å².